The second-order valence-corrected chi connectivity index (χ2v) is 8.47. The molecule has 1 amide bonds. The van der Waals surface area contributed by atoms with Gasteiger partial charge in [0.25, 0.3) is 0 Å². The van der Waals surface area contributed by atoms with Gasteiger partial charge in [0.05, 0.1) is 11.4 Å². The monoisotopic (exact) mass is 336 g/mol. The molecular weight excluding hydrogens is 319 g/mol. The lowest BCUT2D eigenvalue weighted by atomic mass is 10.2. The van der Waals surface area contributed by atoms with Crippen LogP contribution in [0.1, 0.15) is 6.42 Å². The summed E-state index contributed by atoms with van der Waals surface area (Å²) in [6, 6.07) is 3.78. The highest BCUT2D eigenvalue weighted by molar-refractivity contribution is 7.92. The molecule has 0 aliphatic heterocycles. The molecule has 1 aromatic carbocycles. The van der Waals surface area contributed by atoms with E-state index in [4.69, 9.17) is 5.73 Å². The first-order valence-corrected chi connectivity index (χ1v) is 9.60. The van der Waals surface area contributed by atoms with E-state index >= 15 is 0 Å². The lowest BCUT2D eigenvalue weighted by Gasteiger charge is -2.06. The van der Waals surface area contributed by atoms with Crippen LogP contribution in [0.15, 0.2) is 18.2 Å². The number of halogens is 1. The number of nitrogen functional groups attached to an aromatic ring is 1. The van der Waals surface area contributed by atoms with Crippen LogP contribution in [-0.4, -0.2) is 42.0 Å². The molecule has 21 heavy (non-hydrogen) atoms. The molecule has 1 atom stereocenters. The predicted molar refractivity (Wildman–Crippen MR) is 81.6 cm³/mol. The van der Waals surface area contributed by atoms with Crippen molar-refractivity contribution >= 4 is 37.9 Å². The van der Waals surface area contributed by atoms with Crippen LogP contribution in [0.4, 0.5) is 15.8 Å². The number of sulfone groups is 1. The Morgan fingerprint density at radius 1 is 1.38 bits per heavy atom. The Kier molecular flexibility index (Phi) is 6.28. The zero-order chi connectivity index (χ0) is 16.0. The van der Waals surface area contributed by atoms with E-state index in [2.05, 4.69) is 5.32 Å². The van der Waals surface area contributed by atoms with E-state index in [0.29, 0.717) is 5.69 Å². The van der Waals surface area contributed by atoms with Crippen molar-refractivity contribution in [3.63, 3.8) is 0 Å². The van der Waals surface area contributed by atoms with Gasteiger partial charge in [-0.05, 0) is 18.2 Å². The number of hydrogen-bond donors (Lipinski definition) is 2. The Bertz CT molecular complexity index is 647. The molecule has 118 valence electrons. The molecule has 0 saturated heterocycles. The second-order valence-electron chi connectivity index (χ2n) is 4.51. The van der Waals surface area contributed by atoms with Crippen LogP contribution in [0.25, 0.3) is 0 Å². The summed E-state index contributed by atoms with van der Waals surface area (Å²) in [5.74, 6) is -1.06. The van der Waals surface area contributed by atoms with Crippen molar-refractivity contribution in [3.8, 4) is 0 Å². The Morgan fingerprint density at radius 2 is 2.05 bits per heavy atom. The zero-order valence-corrected chi connectivity index (χ0v) is 13.1. The normalized spacial score (nSPS) is 12.9. The highest BCUT2D eigenvalue weighted by Crippen LogP contribution is 2.16. The Balaban J connectivity index is 2.40. The van der Waals surface area contributed by atoms with Gasteiger partial charge in [0.15, 0.2) is 0 Å². The fourth-order valence-electron chi connectivity index (χ4n) is 1.40. The SMILES string of the molecule is CS(=O)(=O)CCS(=O)CCC(=O)Nc1ccc(F)c(N)c1. The zero-order valence-electron chi connectivity index (χ0n) is 11.5. The van der Waals surface area contributed by atoms with Crippen LogP contribution in [0.5, 0.6) is 0 Å². The topological polar surface area (TPSA) is 106 Å². The van der Waals surface area contributed by atoms with Gasteiger partial charge in [-0.3, -0.25) is 9.00 Å². The second kappa shape index (κ2) is 7.51. The minimum Gasteiger partial charge on any atom is -0.396 e. The summed E-state index contributed by atoms with van der Waals surface area (Å²) < 4.78 is 46.3. The van der Waals surface area contributed by atoms with Gasteiger partial charge in [-0.1, -0.05) is 0 Å². The first-order chi connectivity index (χ1) is 9.67. The van der Waals surface area contributed by atoms with Crippen molar-refractivity contribution < 1.29 is 21.8 Å². The lowest BCUT2D eigenvalue weighted by molar-refractivity contribution is -0.115. The molecule has 6 nitrogen and oxygen atoms in total. The first-order valence-electron chi connectivity index (χ1n) is 6.05. The van der Waals surface area contributed by atoms with E-state index in [0.717, 1.165) is 12.3 Å². The fourth-order valence-corrected chi connectivity index (χ4v) is 3.97. The van der Waals surface area contributed by atoms with Crippen LogP contribution in [-0.2, 0) is 25.4 Å². The summed E-state index contributed by atoms with van der Waals surface area (Å²) in [7, 11) is -4.54. The molecule has 0 aliphatic carbocycles. The smallest absolute Gasteiger partial charge is 0.225 e. The van der Waals surface area contributed by atoms with E-state index in [1.165, 1.54) is 12.1 Å². The third kappa shape index (κ3) is 7.19. The third-order valence-corrected chi connectivity index (χ3v) is 5.04. The lowest BCUT2D eigenvalue weighted by Crippen LogP contribution is -2.18. The molecule has 0 heterocycles. The van der Waals surface area contributed by atoms with E-state index < -0.39 is 32.4 Å². The van der Waals surface area contributed by atoms with Gasteiger partial charge >= 0.3 is 0 Å². The predicted octanol–water partition coefficient (Wildman–Crippen LogP) is 0.530. The van der Waals surface area contributed by atoms with Crippen molar-refractivity contribution in [1.29, 1.82) is 0 Å². The van der Waals surface area contributed by atoms with Crippen molar-refractivity contribution in [2.24, 2.45) is 0 Å². The number of carbonyl (C=O) groups excluding carboxylic acids is 1. The van der Waals surface area contributed by atoms with Gasteiger partial charge in [-0.15, -0.1) is 0 Å². The summed E-state index contributed by atoms with van der Waals surface area (Å²) in [6.07, 6.45) is 1.05. The van der Waals surface area contributed by atoms with Gasteiger partial charge in [-0.2, -0.15) is 0 Å². The van der Waals surface area contributed by atoms with Gasteiger partial charge in [0, 0.05) is 40.7 Å². The van der Waals surface area contributed by atoms with Crippen LogP contribution >= 0.6 is 0 Å². The molecule has 0 aliphatic rings. The third-order valence-electron chi connectivity index (χ3n) is 2.52. The van der Waals surface area contributed by atoms with Gasteiger partial charge in [0.2, 0.25) is 5.91 Å². The van der Waals surface area contributed by atoms with Crippen molar-refractivity contribution in [2.45, 2.75) is 6.42 Å². The number of carbonyl (C=O) groups is 1. The minimum atomic E-state index is -3.16. The van der Waals surface area contributed by atoms with Crippen LogP contribution in [0.2, 0.25) is 0 Å². The maximum absolute atomic E-state index is 12.9. The highest BCUT2D eigenvalue weighted by Gasteiger charge is 2.10. The summed E-state index contributed by atoms with van der Waals surface area (Å²) in [5, 5.41) is 2.50. The van der Waals surface area contributed by atoms with Crippen molar-refractivity contribution in [3.05, 3.63) is 24.0 Å². The largest absolute Gasteiger partial charge is 0.396 e. The fraction of sp³-hybridized carbons (Fsp3) is 0.417. The molecule has 0 aromatic heterocycles. The number of benzene rings is 1. The van der Waals surface area contributed by atoms with Crippen LogP contribution in [0.3, 0.4) is 0 Å². The molecule has 3 N–H and O–H groups in total. The number of rotatable bonds is 7. The van der Waals surface area contributed by atoms with Crippen molar-refractivity contribution in [2.75, 3.05) is 34.6 Å². The molecule has 1 rings (SSSR count). The van der Waals surface area contributed by atoms with E-state index in [1.54, 1.807) is 0 Å². The molecule has 0 saturated carbocycles. The maximum atomic E-state index is 12.9. The van der Waals surface area contributed by atoms with E-state index in [1.807, 2.05) is 0 Å². The molecule has 0 spiro atoms. The number of hydrogen-bond acceptors (Lipinski definition) is 5. The minimum absolute atomic E-state index is 0.00953. The standard InChI is InChI=1S/C12H17FN2O4S2/c1-21(18,19)7-6-20(17)5-4-12(16)15-9-2-3-10(13)11(14)8-9/h2-3,8H,4-7,14H2,1H3,(H,15,16). The summed E-state index contributed by atoms with van der Waals surface area (Å²) >= 11 is 0. The molecule has 1 aromatic rings. The van der Waals surface area contributed by atoms with Crippen molar-refractivity contribution in [1.82, 2.24) is 0 Å². The van der Waals surface area contributed by atoms with Gasteiger partial charge in [0.1, 0.15) is 15.7 Å². The molecule has 0 fully saturated rings. The Morgan fingerprint density at radius 3 is 2.62 bits per heavy atom. The number of nitrogens with one attached hydrogen (secondary N) is 1. The van der Waals surface area contributed by atoms with Gasteiger partial charge in [-0.25, -0.2) is 12.8 Å². The number of amides is 1. The maximum Gasteiger partial charge on any atom is 0.225 e. The molecule has 1 unspecified atom stereocenters. The average Bonchev–Trinajstić information content (AvgIpc) is 2.37. The van der Waals surface area contributed by atoms with Gasteiger partial charge < -0.3 is 11.1 Å². The summed E-state index contributed by atoms with van der Waals surface area (Å²) in [4.78, 5) is 11.6. The van der Waals surface area contributed by atoms with E-state index in [9.17, 15) is 21.8 Å². The summed E-state index contributed by atoms with van der Waals surface area (Å²) in [5.41, 5.74) is 5.64. The number of nitrogens with two attached hydrogens (primary N) is 1. The molecule has 0 radical (unpaired) electrons. The van der Waals surface area contributed by atoms with Crippen LogP contribution in [0, 0.1) is 5.82 Å². The summed E-state index contributed by atoms with van der Waals surface area (Å²) in [6.45, 7) is 0. The highest BCUT2D eigenvalue weighted by atomic mass is 32.2. The molecule has 9 heteroatoms. The Hall–Kier alpha value is -1.48. The van der Waals surface area contributed by atoms with Crippen LogP contribution < -0.4 is 11.1 Å². The molecule has 0 bridgehead atoms. The molecular formula is C12H17FN2O4S2. The first kappa shape index (κ1) is 17.6. The van der Waals surface area contributed by atoms with E-state index in [-0.39, 0.29) is 29.4 Å². The number of anilines is 2. The quantitative estimate of drug-likeness (QED) is 0.707. The average molecular weight is 336 g/mol. The Labute approximate surface area is 125 Å².